The van der Waals surface area contributed by atoms with Crippen LogP contribution in [0.15, 0.2) is 60.3 Å². The van der Waals surface area contributed by atoms with Crippen LogP contribution >= 0.6 is 0 Å². The number of carbonyl (C=O) groups excluding carboxylic acids is 2. The number of nitrogens with one attached hydrogen (secondary N) is 2. The first-order valence-electron chi connectivity index (χ1n) is 7.62. The Morgan fingerprint density at radius 1 is 1.19 bits per heavy atom. The number of nitrogens with zero attached hydrogens (tertiary/aromatic N) is 1. The topological polar surface area (TPSA) is 91.2 Å². The number of hydrogen-bond donors (Lipinski definition) is 2. The SMILES string of the molecule is COC(=O)c1ccccc1NC(=O)/C(C#N)=C\NCc1ccc(F)cc1. The average molecular weight is 353 g/mol. The third-order valence-electron chi connectivity index (χ3n) is 3.41. The van der Waals surface area contributed by atoms with E-state index in [-0.39, 0.29) is 22.6 Å². The fourth-order valence-corrected chi connectivity index (χ4v) is 2.09. The normalized spacial score (nSPS) is 10.6. The first-order chi connectivity index (χ1) is 12.5. The smallest absolute Gasteiger partial charge is 0.339 e. The van der Waals surface area contributed by atoms with Gasteiger partial charge in [0, 0.05) is 12.7 Å². The summed E-state index contributed by atoms with van der Waals surface area (Å²) in [7, 11) is 1.24. The second kappa shape index (κ2) is 8.99. The van der Waals surface area contributed by atoms with Gasteiger partial charge in [-0.25, -0.2) is 9.18 Å². The lowest BCUT2D eigenvalue weighted by molar-refractivity contribution is -0.112. The molecule has 0 radical (unpaired) electrons. The lowest BCUT2D eigenvalue weighted by Crippen LogP contribution is -2.18. The third-order valence-corrected chi connectivity index (χ3v) is 3.41. The molecule has 2 aromatic rings. The van der Waals surface area contributed by atoms with Crippen LogP contribution in [0.3, 0.4) is 0 Å². The summed E-state index contributed by atoms with van der Waals surface area (Å²) in [6, 6.07) is 13.9. The first-order valence-corrected chi connectivity index (χ1v) is 7.62. The zero-order valence-electron chi connectivity index (χ0n) is 14.0. The van der Waals surface area contributed by atoms with E-state index in [4.69, 9.17) is 0 Å². The number of benzene rings is 2. The van der Waals surface area contributed by atoms with E-state index in [1.165, 1.54) is 37.6 Å². The Morgan fingerprint density at radius 3 is 2.54 bits per heavy atom. The van der Waals surface area contributed by atoms with Crippen LogP contribution in [-0.4, -0.2) is 19.0 Å². The molecule has 0 saturated carbocycles. The number of para-hydroxylation sites is 1. The minimum absolute atomic E-state index is 0.174. The summed E-state index contributed by atoms with van der Waals surface area (Å²) in [4.78, 5) is 24.0. The predicted octanol–water partition coefficient (Wildman–Crippen LogP) is 2.75. The molecule has 0 aromatic heterocycles. The molecule has 7 heteroatoms. The highest BCUT2D eigenvalue weighted by molar-refractivity contribution is 6.09. The van der Waals surface area contributed by atoms with E-state index < -0.39 is 11.9 Å². The molecule has 0 spiro atoms. The number of nitriles is 1. The van der Waals surface area contributed by atoms with Gasteiger partial charge in [0.1, 0.15) is 17.5 Å². The van der Waals surface area contributed by atoms with Gasteiger partial charge < -0.3 is 15.4 Å². The van der Waals surface area contributed by atoms with Crippen molar-refractivity contribution >= 4 is 17.6 Å². The van der Waals surface area contributed by atoms with E-state index in [9.17, 15) is 19.2 Å². The fourth-order valence-electron chi connectivity index (χ4n) is 2.09. The second-order valence-electron chi connectivity index (χ2n) is 5.17. The minimum Gasteiger partial charge on any atom is -0.465 e. The zero-order valence-corrected chi connectivity index (χ0v) is 14.0. The van der Waals surface area contributed by atoms with E-state index >= 15 is 0 Å². The lowest BCUT2D eigenvalue weighted by atomic mass is 10.1. The van der Waals surface area contributed by atoms with E-state index in [0.717, 1.165) is 5.56 Å². The van der Waals surface area contributed by atoms with Gasteiger partial charge in [0.25, 0.3) is 5.91 Å². The maximum Gasteiger partial charge on any atom is 0.339 e. The third kappa shape index (κ3) is 4.92. The number of carbonyl (C=O) groups is 2. The van der Waals surface area contributed by atoms with Gasteiger partial charge in [-0.05, 0) is 29.8 Å². The van der Waals surface area contributed by atoms with Crippen LogP contribution < -0.4 is 10.6 Å². The minimum atomic E-state index is -0.671. The van der Waals surface area contributed by atoms with Crippen molar-refractivity contribution in [3.05, 3.63) is 77.2 Å². The van der Waals surface area contributed by atoms with Crippen LogP contribution in [0.2, 0.25) is 0 Å². The van der Waals surface area contributed by atoms with Crippen molar-refractivity contribution in [1.29, 1.82) is 5.26 Å². The number of ether oxygens (including phenoxy) is 1. The van der Waals surface area contributed by atoms with Gasteiger partial charge in [-0.3, -0.25) is 4.79 Å². The van der Waals surface area contributed by atoms with Crippen LogP contribution in [0.4, 0.5) is 10.1 Å². The van der Waals surface area contributed by atoms with Gasteiger partial charge in [0.2, 0.25) is 0 Å². The van der Waals surface area contributed by atoms with Crippen molar-refractivity contribution in [2.45, 2.75) is 6.54 Å². The van der Waals surface area contributed by atoms with Crippen molar-refractivity contribution in [3.63, 3.8) is 0 Å². The maximum absolute atomic E-state index is 12.9. The Bertz CT molecular complexity index is 870. The molecule has 0 aliphatic carbocycles. The highest BCUT2D eigenvalue weighted by Gasteiger charge is 2.15. The van der Waals surface area contributed by atoms with Crippen molar-refractivity contribution in [2.75, 3.05) is 12.4 Å². The molecule has 0 saturated heterocycles. The molecule has 0 aliphatic heterocycles. The summed E-state index contributed by atoms with van der Waals surface area (Å²) in [6.45, 7) is 0.317. The highest BCUT2D eigenvalue weighted by atomic mass is 19.1. The number of halogens is 1. The van der Waals surface area contributed by atoms with Crippen LogP contribution in [-0.2, 0) is 16.1 Å². The molecule has 0 bridgehead atoms. The molecule has 1 amide bonds. The molecular formula is C19H16FN3O3. The average Bonchev–Trinajstić information content (AvgIpc) is 2.66. The van der Waals surface area contributed by atoms with Gasteiger partial charge in [0.05, 0.1) is 18.4 Å². The van der Waals surface area contributed by atoms with Crippen molar-refractivity contribution in [1.82, 2.24) is 5.32 Å². The number of anilines is 1. The number of methoxy groups -OCH3 is 1. The lowest BCUT2D eigenvalue weighted by Gasteiger charge is -2.09. The van der Waals surface area contributed by atoms with E-state index in [2.05, 4.69) is 15.4 Å². The molecule has 2 aromatic carbocycles. The van der Waals surface area contributed by atoms with E-state index in [1.54, 1.807) is 30.3 Å². The molecule has 2 N–H and O–H groups in total. The van der Waals surface area contributed by atoms with Gasteiger partial charge in [-0.1, -0.05) is 24.3 Å². The van der Waals surface area contributed by atoms with E-state index in [1.807, 2.05) is 0 Å². The Labute approximate surface area is 149 Å². The van der Waals surface area contributed by atoms with Crippen LogP contribution in [0, 0.1) is 17.1 Å². The van der Waals surface area contributed by atoms with Gasteiger partial charge in [-0.15, -0.1) is 0 Å². The summed E-state index contributed by atoms with van der Waals surface area (Å²) in [6.07, 6.45) is 1.26. The molecule has 132 valence electrons. The standard InChI is InChI=1S/C19H16FN3O3/c1-26-19(25)16-4-2-3-5-17(16)23-18(24)14(10-21)12-22-11-13-6-8-15(20)9-7-13/h2-9,12,22H,11H2,1H3,(H,23,24)/b14-12-. The van der Waals surface area contributed by atoms with Crippen LogP contribution in [0.25, 0.3) is 0 Å². The van der Waals surface area contributed by atoms with Crippen molar-refractivity contribution < 1.29 is 18.7 Å². The number of esters is 1. The van der Waals surface area contributed by atoms with Crippen molar-refractivity contribution in [2.24, 2.45) is 0 Å². The molecule has 0 aliphatic rings. The molecule has 26 heavy (non-hydrogen) atoms. The summed E-state index contributed by atoms with van der Waals surface area (Å²) >= 11 is 0. The van der Waals surface area contributed by atoms with Crippen LogP contribution in [0.5, 0.6) is 0 Å². The Kier molecular flexibility index (Phi) is 6.46. The van der Waals surface area contributed by atoms with Gasteiger partial charge in [-0.2, -0.15) is 5.26 Å². The van der Waals surface area contributed by atoms with Gasteiger partial charge >= 0.3 is 5.97 Å². The summed E-state index contributed by atoms with van der Waals surface area (Å²) in [5, 5.41) is 14.5. The quantitative estimate of drug-likeness (QED) is 0.473. The molecule has 0 unspecified atom stereocenters. The summed E-state index contributed by atoms with van der Waals surface area (Å²) < 4.78 is 17.5. The largest absolute Gasteiger partial charge is 0.465 e. The Balaban J connectivity index is 2.06. The summed E-state index contributed by atoms with van der Waals surface area (Å²) in [5.74, 6) is -1.61. The zero-order chi connectivity index (χ0) is 18.9. The molecule has 0 heterocycles. The molecular weight excluding hydrogens is 337 g/mol. The molecule has 6 nitrogen and oxygen atoms in total. The van der Waals surface area contributed by atoms with Gasteiger partial charge in [0.15, 0.2) is 0 Å². The molecule has 2 rings (SSSR count). The number of amides is 1. The second-order valence-corrected chi connectivity index (χ2v) is 5.17. The predicted molar refractivity (Wildman–Crippen MR) is 93.3 cm³/mol. The molecule has 0 fully saturated rings. The first kappa shape index (κ1) is 18.7. The van der Waals surface area contributed by atoms with Crippen LogP contribution in [0.1, 0.15) is 15.9 Å². The molecule has 0 atom stereocenters. The number of rotatable bonds is 6. The monoisotopic (exact) mass is 353 g/mol. The Morgan fingerprint density at radius 2 is 1.88 bits per heavy atom. The number of hydrogen-bond acceptors (Lipinski definition) is 5. The maximum atomic E-state index is 12.9. The Hall–Kier alpha value is -3.66. The van der Waals surface area contributed by atoms with E-state index in [0.29, 0.717) is 6.54 Å². The highest BCUT2D eigenvalue weighted by Crippen LogP contribution is 2.16. The van der Waals surface area contributed by atoms with Crippen molar-refractivity contribution in [3.8, 4) is 6.07 Å². The summed E-state index contributed by atoms with van der Waals surface area (Å²) in [5.41, 5.74) is 1.03. The fraction of sp³-hybridized carbons (Fsp3) is 0.105.